The maximum Gasteiger partial charge on any atom is 0.157 e. The van der Waals surface area contributed by atoms with E-state index in [0.29, 0.717) is 12.5 Å². The Morgan fingerprint density at radius 3 is 2.31 bits per heavy atom. The Labute approximate surface area is 190 Å². The summed E-state index contributed by atoms with van der Waals surface area (Å²) >= 11 is 0. The number of hydrogen-bond acceptors (Lipinski definition) is 4. The molecule has 0 amide bonds. The van der Waals surface area contributed by atoms with E-state index in [1.807, 2.05) is 6.07 Å². The Kier molecular flexibility index (Phi) is 6.04. The van der Waals surface area contributed by atoms with E-state index in [1.165, 1.54) is 37.1 Å². The number of rotatable bonds is 6. The van der Waals surface area contributed by atoms with Crippen LogP contribution in [0.4, 0.5) is 0 Å². The number of fused-ring (bicyclic) bond motifs is 1. The van der Waals surface area contributed by atoms with Crippen molar-refractivity contribution in [3.8, 4) is 17.2 Å². The van der Waals surface area contributed by atoms with Crippen molar-refractivity contribution in [1.82, 2.24) is 4.90 Å². The number of benzene rings is 3. The van der Waals surface area contributed by atoms with Crippen LogP contribution >= 0.6 is 0 Å². The van der Waals surface area contributed by atoms with Crippen LogP contribution in [-0.4, -0.2) is 41.4 Å². The van der Waals surface area contributed by atoms with Gasteiger partial charge < -0.3 is 14.9 Å². The van der Waals surface area contributed by atoms with Gasteiger partial charge in [0, 0.05) is 12.5 Å². The fourth-order valence-electron chi connectivity index (χ4n) is 5.38. The molecule has 2 aliphatic rings. The molecule has 1 fully saturated rings. The molecular formula is C28H31NO3. The molecule has 32 heavy (non-hydrogen) atoms. The average Bonchev–Trinajstić information content (AvgIpc) is 3.34. The molecule has 3 aromatic rings. The van der Waals surface area contributed by atoms with Crippen LogP contribution in [0, 0.1) is 0 Å². The van der Waals surface area contributed by atoms with Crippen molar-refractivity contribution in [2.75, 3.05) is 26.2 Å². The Morgan fingerprint density at radius 1 is 0.844 bits per heavy atom. The molecule has 1 aliphatic carbocycles. The molecule has 0 radical (unpaired) electrons. The summed E-state index contributed by atoms with van der Waals surface area (Å²) in [6.07, 6.45) is 4.48. The molecule has 3 aromatic carbocycles. The maximum absolute atomic E-state index is 10.3. The highest BCUT2D eigenvalue weighted by molar-refractivity contribution is 5.53. The van der Waals surface area contributed by atoms with Crippen molar-refractivity contribution >= 4 is 0 Å². The van der Waals surface area contributed by atoms with E-state index in [4.69, 9.17) is 4.74 Å². The number of hydrogen-bond donors (Lipinski definition) is 2. The van der Waals surface area contributed by atoms with Crippen molar-refractivity contribution in [1.29, 1.82) is 0 Å². The largest absolute Gasteiger partial charge is 0.504 e. The first-order valence-corrected chi connectivity index (χ1v) is 11.7. The van der Waals surface area contributed by atoms with Crippen LogP contribution in [0.25, 0.3) is 0 Å². The van der Waals surface area contributed by atoms with Crippen LogP contribution in [0.1, 0.15) is 53.4 Å². The third-order valence-corrected chi connectivity index (χ3v) is 7.04. The van der Waals surface area contributed by atoms with Crippen LogP contribution in [0.3, 0.4) is 0 Å². The van der Waals surface area contributed by atoms with Gasteiger partial charge in [-0.05, 0) is 91.2 Å². The zero-order valence-electron chi connectivity index (χ0n) is 18.4. The van der Waals surface area contributed by atoms with Crippen LogP contribution in [-0.2, 0) is 6.42 Å². The third kappa shape index (κ3) is 4.33. The van der Waals surface area contributed by atoms with E-state index in [2.05, 4.69) is 53.4 Å². The van der Waals surface area contributed by atoms with Gasteiger partial charge in [0.25, 0.3) is 0 Å². The topological polar surface area (TPSA) is 52.9 Å². The van der Waals surface area contributed by atoms with E-state index >= 15 is 0 Å². The lowest BCUT2D eigenvalue weighted by Crippen LogP contribution is -2.25. The quantitative estimate of drug-likeness (QED) is 0.513. The van der Waals surface area contributed by atoms with Gasteiger partial charge in [-0.3, -0.25) is 4.90 Å². The van der Waals surface area contributed by atoms with Gasteiger partial charge in [0.15, 0.2) is 11.5 Å². The predicted molar refractivity (Wildman–Crippen MR) is 127 cm³/mol. The minimum atomic E-state index is -0.0515. The normalized spacial score (nSPS) is 20.8. The highest BCUT2D eigenvalue weighted by Gasteiger charge is 2.33. The highest BCUT2D eigenvalue weighted by atomic mass is 16.5. The molecule has 1 heterocycles. The molecule has 2 atom stereocenters. The summed E-state index contributed by atoms with van der Waals surface area (Å²) in [6.45, 7) is 4.07. The fraction of sp³-hybridized carbons (Fsp3) is 0.357. The van der Waals surface area contributed by atoms with Gasteiger partial charge in [0.05, 0.1) is 0 Å². The Morgan fingerprint density at radius 2 is 1.56 bits per heavy atom. The summed E-state index contributed by atoms with van der Waals surface area (Å²) in [5.41, 5.74) is 4.73. The monoisotopic (exact) mass is 429 g/mol. The third-order valence-electron chi connectivity index (χ3n) is 7.04. The Balaban J connectivity index is 1.41. The molecule has 4 nitrogen and oxygen atoms in total. The molecule has 2 unspecified atom stereocenters. The SMILES string of the molecule is Oc1cc2c(cc1O)C(c1ccc(OCCN3CCCC3)cc1)C(c1ccccc1)CC2. The lowest BCUT2D eigenvalue weighted by atomic mass is 9.69. The van der Waals surface area contributed by atoms with E-state index in [1.54, 1.807) is 12.1 Å². The molecular weight excluding hydrogens is 398 g/mol. The standard InChI is InChI=1S/C28H31NO3/c30-26-18-22-10-13-24(20-6-2-1-3-7-20)28(25(22)19-27(26)31)21-8-11-23(12-9-21)32-17-16-29-14-4-5-15-29/h1-3,6-9,11-12,18-19,24,28,30-31H,4-5,10,13-17H2. The van der Waals surface area contributed by atoms with Gasteiger partial charge in [-0.1, -0.05) is 42.5 Å². The number of aryl methyl sites for hydroxylation is 1. The first kappa shape index (κ1) is 20.9. The molecule has 0 bridgehead atoms. The second-order valence-electron chi connectivity index (χ2n) is 9.04. The number of aromatic hydroxyl groups is 2. The molecule has 0 spiro atoms. The van der Waals surface area contributed by atoms with Gasteiger partial charge in [-0.15, -0.1) is 0 Å². The first-order valence-electron chi connectivity index (χ1n) is 11.7. The van der Waals surface area contributed by atoms with Crippen molar-refractivity contribution < 1.29 is 14.9 Å². The summed E-state index contributed by atoms with van der Waals surface area (Å²) < 4.78 is 6.01. The Bertz CT molecular complexity index is 1040. The van der Waals surface area contributed by atoms with Gasteiger partial charge in [-0.25, -0.2) is 0 Å². The lowest BCUT2D eigenvalue weighted by Gasteiger charge is -2.35. The molecule has 5 rings (SSSR count). The van der Waals surface area contributed by atoms with Crippen molar-refractivity contribution in [2.45, 2.75) is 37.5 Å². The zero-order chi connectivity index (χ0) is 21.9. The van der Waals surface area contributed by atoms with Gasteiger partial charge in [-0.2, -0.15) is 0 Å². The minimum absolute atomic E-state index is 0.0394. The van der Waals surface area contributed by atoms with Crippen molar-refractivity contribution in [3.05, 3.63) is 89.0 Å². The smallest absolute Gasteiger partial charge is 0.157 e. The van der Waals surface area contributed by atoms with E-state index in [9.17, 15) is 10.2 Å². The summed E-state index contributed by atoms with van der Waals surface area (Å²) in [6, 6.07) is 22.5. The van der Waals surface area contributed by atoms with Crippen LogP contribution < -0.4 is 4.74 Å². The molecule has 2 N–H and O–H groups in total. The summed E-state index contributed by atoms with van der Waals surface area (Å²) in [5, 5.41) is 20.3. The molecule has 0 aromatic heterocycles. The van der Waals surface area contributed by atoms with E-state index in [-0.39, 0.29) is 17.4 Å². The van der Waals surface area contributed by atoms with Crippen molar-refractivity contribution in [3.63, 3.8) is 0 Å². The molecule has 4 heteroatoms. The van der Waals surface area contributed by atoms with Crippen LogP contribution in [0.15, 0.2) is 66.7 Å². The van der Waals surface area contributed by atoms with Crippen LogP contribution in [0.5, 0.6) is 17.2 Å². The number of nitrogens with zero attached hydrogens (tertiary/aromatic N) is 1. The molecule has 166 valence electrons. The summed E-state index contributed by atoms with van der Waals surface area (Å²) in [7, 11) is 0. The second-order valence-corrected chi connectivity index (χ2v) is 9.04. The van der Waals surface area contributed by atoms with Gasteiger partial charge >= 0.3 is 0 Å². The van der Waals surface area contributed by atoms with Gasteiger partial charge in [0.1, 0.15) is 12.4 Å². The van der Waals surface area contributed by atoms with Crippen LogP contribution in [0.2, 0.25) is 0 Å². The number of phenolic OH excluding ortho intramolecular Hbond substituents is 2. The number of ether oxygens (including phenoxy) is 1. The average molecular weight is 430 g/mol. The fourth-order valence-corrected chi connectivity index (χ4v) is 5.38. The van der Waals surface area contributed by atoms with Crippen molar-refractivity contribution in [2.24, 2.45) is 0 Å². The van der Waals surface area contributed by atoms with E-state index < -0.39 is 0 Å². The highest BCUT2D eigenvalue weighted by Crippen LogP contribution is 2.48. The minimum Gasteiger partial charge on any atom is -0.504 e. The summed E-state index contributed by atoms with van der Waals surface area (Å²) in [5.74, 6) is 1.24. The Hall–Kier alpha value is -2.98. The predicted octanol–water partition coefficient (Wildman–Crippen LogP) is 5.43. The lowest BCUT2D eigenvalue weighted by molar-refractivity contribution is 0.237. The maximum atomic E-state index is 10.3. The number of phenols is 2. The second kappa shape index (κ2) is 9.25. The molecule has 0 saturated carbocycles. The van der Waals surface area contributed by atoms with E-state index in [0.717, 1.165) is 36.3 Å². The summed E-state index contributed by atoms with van der Waals surface area (Å²) in [4.78, 5) is 2.46. The first-order chi connectivity index (χ1) is 15.7. The van der Waals surface area contributed by atoms with Gasteiger partial charge in [0.2, 0.25) is 0 Å². The number of likely N-dealkylation sites (tertiary alicyclic amines) is 1. The zero-order valence-corrected chi connectivity index (χ0v) is 18.4. The molecule has 1 saturated heterocycles. The molecule has 1 aliphatic heterocycles.